The summed E-state index contributed by atoms with van der Waals surface area (Å²) >= 11 is 0. The Kier molecular flexibility index (Phi) is 6.95. The second-order valence-corrected chi connectivity index (χ2v) is 7.27. The van der Waals surface area contributed by atoms with Gasteiger partial charge in [-0.2, -0.15) is 0 Å². The highest BCUT2D eigenvalue weighted by Crippen LogP contribution is 2.38. The fraction of sp³-hybridized carbons (Fsp3) is 0.148. The zero-order chi connectivity index (χ0) is 23.0. The number of rotatable bonds is 8. The Morgan fingerprint density at radius 3 is 2.36 bits per heavy atom. The highest BCUT2D eigenvalue weighted by Gasteiger charge is 2.15. The summed E-state index contributed by atoms with van der Waals surface area (Å²) in [5.74, 6) is 1.15. The number of fused-ring (bicyclic) bond motifs is 1. The fourth-order valence-electron chi connectivity index (χ4n) is 3.30. The second-order valence-electron chi connectivity index (χ2n) is 7.27. The van der Waals surface area contributed by atoms with Crippen molar-refractivity contribution in [1.82, 2.24) is 0 Å². The highest BCUT2D eigenvalue weighted by molar-refractivity contribution is 5.98. The van der Waals surface area contributed by atoms with Gasteiger partial charge in [-0.15, -0.1) is 10.2 Å². The molecule has 0 aliphatic rings. The minimum atomic E-state index is -0.485. The molecule has 0 saturated heterocycles. The average Bonchev–Trinajstić information content (AvgIpc) is 2.87. The maximum atomic E-state index is 12.8. The zero-order valence-electron chi connectivity index (χ0n) is 18.5. The first-order valence-corrected chi connectivity index (χ1v) is 10.7. The van der Waals surface area contributed by atoms with E-state index < -0.39 is 5.97 Å². The summed E-state index contributed by atoms with van der Waals surface area (Å²) < 4.78 is 16.7. The second kappa shape index (κ2) is 10.4. The SMILES string of the molecule is CCCOc1ccc(C(=O)Oc2ccc3ccccc3c2N=Nc2ccccc2OC)cc1. The summed E-state index contributed by atoms with van der Waals surface area (Å²) in [4.78, 5) is 12.8. The molecular formula is C27H24N2O4. The monoisotopic (exact) mass is 440 g/mol. The van der Waals surface area contributed by atoms with Crippen molar-refractivity contribution in [3.8, 4) is 17.2 Å². The molecule has 4 aromatic carbocycles. The molecule has 0 atom stereocenters. The third-order valence-electron chi connectivity index (χ3n) is 4.97. The van der Waals surface area contributed by atoms with Gasteiger partial charge in [0.2, 0.25) is 0 Å². The van der Waals surface area contributed by atoms with Gasteiger partial charge >= 0.3 is 5.97 Å². The molecule has 4 rings (SSSR count). The molecule has 6 heteroatoms. The van der Waals surface area contributed by atoms with Gasteiger partial charge in [0.25, 0.3) is 0 Å². The van der Waals surface area contributed by atoms with Crippen molar-refractivity contribution in [3.05, 3.63) is 90.5 Å². The van der Waals surface area contributed by atoms with E-state index in [4.69, 9.17) is 14.2 Å². The van der Waals surface area contributed by atoms with Crippen LogP contribution in [-0.4, -0.2) is 19.7 Å². The highest BCUT2D eigenvalue weighted by atomic mass is 16.5. The van der Waals surface area contributed by atoms with Crippen LogP contribution in [0.15, 0.2) is 95.2 Å². The molecule has 0 saturated carbocycles. The van der Waals surface area contributed by atoms with E-state index in [1.54, 1.807) is 43.5 Å². The molecule has 0 aliphatic carbocycles. The Balaban J connectivity index is 1.66. The number of methoxy groups -OCH3 is 1. The number of esters is 1. The number of nitrogens with zero attached hydrogens (tertiary/aromatic N) is 2. The average molecular weight is 440 g/mol. The van der Waals surface area contributed by atoms with E-state index in [0.29, 0.717) is 40.8 Å². The first-order valence-electron chi connectivity index (χ1n) is 10.7. The minimum Gasteiger partial charge on any atom is -0.494 e. The van der Waals surface area contributed by atoms with Gasteiger partial charge < -0.3 is 14.2 Å². The fourth-order valence-corrected chi connectivity index (χ4v) is 3.30. The smallest absolute Gasteiger partial charge is 0.343 e. The van der Waals surface area contributed by atoms with Crippen molar-refractivity contribution in [2.45, 2.75) is 13.3 Å². The minimum absolute atomic E-state index is 0.323. The van der Waals surface area contributed by atoms with Crippen LogP contribution >= 0.6 is 0 Å². The Hall–Kier alpha value is -4.19. The third-order valence-corrected chi connectivity index (χ3v) is 4.97. The van der Waals surface area contributed by atoms with Crippen molar-refractivity contribution >= 4 is 28.1 Å². The predicted octanol–water partition coefficient (Wildman–Crippen LogP) is 7.27. The summed E-state index contributed by atoms with van der Waals surface area (Å²) in [6.07, 6.45) is 0.915. The van der Waals surface area contributed by atoms with Crippen LogP contribution in [0.5, 0.6) is 17.2 Å². The molecule has 0 bridgehead atoms. The first-order chi connectivity index (χ1) is 16.2. The molecule has 0 fully saturated rings. The van der Waals surface area contributed by atoms with Crippen LogP contribution in [0.4, 0.5) is 11.4 Å². The van der Waals surface area contributed by atoms with Gasteiger partial charge in [0.1, 0.15) is 22.9 Å². The Labute approximate surface area is 192 Å². The maximum Gasteiger partial charge on any atom is 0.343 e. The van der Waals surface area contributed by atoms with Crippen molar-refractivity contribution in [2.24, 2.45) is 10.2 Å². The van der Waals surface area contributed by atoms with Gasteiger partial charge in [-0.05, 0) is 54.3 Å². The summed E-state index contributed by atoms with van der Waals surface area (Å²) in [5, 5.41) is 10.6. The van der Waals surface area contributed by atoms with Gasteiger partial charge in [0.05, 0.1) is 19.3 Å². The maximum absolute atomic E-state index is 12.8. The van der Waals surface area contributed by atoms with Crippen LogP contribution in [-0.2, 0) is 0 Å². The number of hydrogen-bond donors (Lipinski definition) is 0. The normalized spacial score (nSPS) is 11.0. The van der Waals surface area contributed by atoms with Crippen molar-refractivity contribution < 1.29 is 19.0 Å². The summed E-state index contributed by atoms with van der Waals surface area (Å²) in [6.45, 7) is 2.67. The number of benzene rings is 4. The van der Waals surface area contributed by atoms with Gasteiger partial charge in [-0.3, -0.25) is 0 Å². The van der Waals surface area contributed by atoms with Crippen LogP contribution in [0.1, 0.15) is 23.7 Å². The molecule has 33 heavy (non-hydrogen) atoms. The van der Waals surface area contributed by atoms with E-state index in [1.165, 1.54) is 0 Å². The predicted molar refractivity (Wildman–Crippen MR) is 128 cm³/mol. The van der Waals surface area contributed by atoms with Crippen molar-refractivity contribution in [3.63, 3.8) is 0 Å². The molecule has 4 aromatic rings. The molecular weight excluding hydrogens is 416 g/mol. The molecule has 0 amide bonds. The van der Waals surface area contributed by atoms with Crippen LogP contribution in [0, 0.1) is 0 Å². The molecule has 0 spiro atoms. The van der Waals surface area contributed by atoms with Gasteiger partial charge in [0.15, 0.2) is 5.75 Å². The summed E-state index contributed by atoms with van der Waals surface area (Å²) in [5.41, 5.74) is 1.46. The third kappa shape index (κ3) is 5.18. The molecule has 166 valence electrons. The van der Waals surface area contributed by atoms with Gasteiger partial charge in [0, 0.05) is 5.39 Å². The Bertz CT molecular complexity index is 1280. The molecule has 0 heterocycles. The topological polar surface area (TPSA) is 69.5 Å². The number of para-hydroxylation sites is 1. The number of hydrogen-bond acceptors (Lipinski definition) is 6. The Morgan fingerprint density at radius 2 is 1.58 bits per heavy atom. The lowest BCUT2D eigenvalue weighted by atomic mass is 10.1. The number of azo groups is 1. The van der Waals surface area contributed by atoms with Crippen LogP contribution in [0.25, 0.3) is 10.8 Å². The first kappa shape index (κ1) is 22.0. The van der Waals surface area contributed by atoms with Crippen LogP contribution in [0.2, 0.25) is 0 Å². The molecule has 0 aliphatic heterocycles. The number of carbonyl (C=O) groups excluding carboxylic acids is 1. The lowest BCUT2D eigenvalue weighted by Gasteiger charge is -2.10. The van der Waals surface area contributed by atoms with Crippen molar-refractivity contribution in [1.29, 1.82) is 0 Å². The van der Waals surface area contributed by atoms with E-state index in [0.717, 1.165) is 17.2 Å². The van der Waals surface area contributed by atoms with E-state index in [1.807, 2.05) is 55.5 Å². The number of carbonyl (C=O) groups is 1. The zero-order valence-corrected chi connectivity index (χ0v) is 18.5. The lowest BCUT2D eigenvalue weighted by Crippen LogP contribution is -2.08. The largest absolute Gasteiger partial charge is 0.494 e. The standard InChI is InChI=1S/C27H24N2O4/c1-3-18-32-21-15-12-20(13-16-21)27(30)33-25-17-14-19-8-4-5-9-22(19)26(25)29-28-23-10-6-7-11-24(23)31-2/h4-17H,3,18H2,1-2H3. The Morgan fingerprint density at radius 1 is 0.818 bits per heavy atom. The van der Waals surface area contributed by atoms with Crippen LogP contribution < -0.4 is 14.2 Å². The quantitative estimate of drug-likeness (QED) is 0.164. The summed E-state index contributed by atoms with van der Waals surface area (Å²) in [6, 6.07) is 25.6. The molecule has 0 unspecified atom stereocenters. The number of ether oxygens (including phenoxy) is 3. The van der Waals surface area contributed by atoms with Crippen molar-refractivity contribution in [2.75, 3.05) is 13.7 Å². The van der Waals surface area contributed by atoms with E-state index in [-0.39, 0.29) is 0 Å². The summed E-state index contributed by atoms with van der Waals surface area (Å²) in [7, 11) is 1.58. The van der Waals surface area contributed by atoms with Gasteiger partial charge in [-0.1, -0.05) is 49.4 Å². The molecule has 0 aromatic heterocycles. The molecule has 6 nitrogen and oxygen atoms in total. The lowest BCUT2D eigenvalue weighted by molar-refractivity contribution is 0.0735. The van der Waals surface area contributed by atoms with E-state index >= 15 is 0 Å². The molecule has 0 radical (unpaired) electrons. The van der Waals surface area contributed by atoms with Gasteiger partial charge in [-0.25, -0.2) is 4.79 Å². The molecule has 0 N–H and O–H groups in total. The van der Waals surface area contributed by atoms with E-state index in [2.05, 4.69) is 10.2 Å². The van der Waals surface area contributed by atoms with E-state index in [9.17, 15) is 4.79 Å². The van der Waals surface area contributed by atoms with Crippen LogP contribution in [0.3, 0.4) is 0 Å².